The number of nitrogens with one attached hydrogen (secondary N) is 1. The first kappa shape index (κ1) is 23.3. The van der Waals surface area contributed by atoms with Gasteiger partial charge in [0.1, 0.15) is 5.75 Å². The first-order valence-electron chi connectivity index (χ1n) is 12.0. The summed E-state index contributed by atoms with van der Waals surface area (Å²) in [6.07, 6.45) is 2.08. The van der Waals surface area contributed by atoms with Crippen LogP contribution in [0.25, 0.3) is 0 Å². The largest absolute Gasteiger partial charge is 0.493 e. The highest BCUT2D eigenvalue weighted by Crippen LogP contribution is 2.49. The van der Waals surface area contributed by atoms with Gasteiger partial charge in [-0.2, -0.15) is 0 Å². The average molecular weight is 456 g/mol. The van der Waals surface area contributed by atoms with Crippen LogP contribution in [0.2, 0.25) is 0 Å². The number of likely N-dealkylation sites (N-methyl/N-ethyl adjacent to an activating group) is 1. The molecule has 174 valence electrons. The van der Waals surface area contributed by atoms with E-state index in [4.69, 9.17) is 4.74 Å². The Balaban J connectivity index is 1.41. The van der Waals surface area contributed by atoms with Crippen LogP contribution in [0.3, 0.4) is 0 Å². The van der Waals surface area contributed by atoms with Gasteiger partial charge in [-0.3, -0.25) is 9.69 Å². The molecule has 0 bridgehead atoms. The number of rotatable bonds is 10. The first-order chi connectivity index (χ1) is 15.5. The van der Waals surface area contributed by atoms with Crippen LogP contribution in [-0.4, -0.2) is 62.1 Å². The van der Waals surface area contributed by atoms with Gasteiger partial charge in [0.15, 0.2) is 0 Å². The minimum absolute atomic E-state index is 0.000827. The van der Waals surface area contributed by atoms with E-state index in [1.807, 2.05) is 12.1 Å². The molecule has 1 aliphatic carbocycles. The molecule has 1 saturated carbocycles. The molecule has 0 spiro atoms. The van der Waals surface area contributed by atoms with E-state index >= 15 is 0 Å². The van der Waals surface area contributed by atoms with Crippen molar-refractivity contribution in [3.05, 3.63) is 52.2 Å². The first-order valence-corrected chi connectivity index (χ1v) is 12.9. The van der Waals surface area contributed by atoms with Crippen molar-refractivity contribution in [2.24, 2.45) is 11.8 Å². The van der Waals surface area contributed by atoms with E-state index in [9.17, 15) is 4.79 Å². The van der Waals surface area contributed by atoms with E-state index in [0.29, 0.717) is 11.8 Å². The molecule has 1 aromatic carbocycles. The maximum atomic E-state index is 13.1. The number of carbonyl (C=O) groups excluding carboxylic acids is 1. The Hall–Kier alpha value is -1.89. The highest BCUT2D eigenvalue weighted by atomic mass is 32.1. The Morgan fingerprint density at radius 2 is 1.94 bits per heavy atom. The summed E-state index contributed by atoms with van der Waals surface area (Å²) in [6.45, 7) is 10.2. The molecule has 6 heteroatoms. The summed E-state index contributed by atoms with van der Waals surface area (Å²) in [5.74, 6) is 2.16. The fourth-order valence-electron chi connectivity index (χ4n) is 4.26. The van der Waals surface area contributed by atoms with Gasteiger partial charge in [-0.05, 0) is 48.5 Å². The SMILES string of the molecule is CCC(C)COc1ccc(C(CN2CCN(C)CC2)NC(=O)C2CC2c2cccs2)cc1. The molecule has 1 aliphatic heterocycles. The van der Waals surface area contributed by atoms with Crippen molar-refractivity contribution in [2.75, 3.05) is 46.4 Å². The molecule has 2 aromatic rings. The Kier molecular flexibility index (Phi) is 7.87. The topological polar surface area (TPSA) is 44.8 Å². The van der Waals surface area contributed by atoms with Crippen molar-refractivity contribution < 1.29 is 9.53 Å². The predicted octanol–water partition coefficient (Wildman–Crippen LogP) is 4.38. The maximum absolute atomic E-state index is 13.1. The second-order valence-corrected chi connectivity index (χ2v) is 10.5. The molecule has 4 rings (SSSR count). The van der Waals surface area contributed by atoms with Crippen LogP contribution in [-0.2, 0) is 4.79 Å². The van der Waals surface area contributed by atoms with Crippen molar-refractivity contribution in [3.63, 3.8) is 0 Å². The molecule has 4 unspecified atom stereocenters. The van der Waals surface area contributed by atoms with Gasteiger partial charge in [0.05, 0.1) is 12.6 Å². The van der Waals surface area contributed by atoms with Crippen molar-refractivity contribution in [1.29, 1.82) is 0 Å². The molecule has 2 aliphatic rings. The highest BCUT2D eigenvalue weighted by molar-refractivity contribution is 7.10. The third-order valence-corrected chi connectivity index (χ3v) is 7.91. The smallest absolute Gasteiger partial charge is 0.224 e. The summed E-state index contributed by atoms with van der Waals surface area (Å²) in [5, 5.41) is 5.49. The summed E-state index contributed by atoms with van der Waals surface area (Å²) >= 11 is 1.76. The molecule has 0 radical (unpaired) electrons. The monoisotopic (exact) mass is 455 g/mol. The van der Waals surface area contributed by atoms with Gasteiger partial charge in [-0.25, -0.2) is 0 Å². The van der Waals surface area contributed by atoms with Gasteiger partial charge in [0, 0.05) is 49.4 Å². The minimum Gasteiger partial charge on any atom is -0.493 e. The number of nitrogens with zero attached hydrogens (tertiary/aromatic N) is 2. The van der Waals surface area contributed by atoms with Crippen LogP contribution in [0.5, 0.6) is 5.75 Å². The third kappa shape index (κ3) is 6.12. The van der Waals surface area contributed by atoms with Gasteiger partial charge in [-0.15, -0.1) is 11.3 Å². The number of benzene rings is 1. The number of ether oxygens (including phenoxy) is 1. The lowest BCUT2D eigenvalue weighted by Gasteiger charge is -2.35. The zero-order valence-corrected chi connectivity index (χ0v) is 20.4. The molecule has 1 aromatic heterocycles. The van der Waals surface area contributed by atoms with E-state index in [-0.39, 0.29) is 17.9 Å². The number of hydrogen-bond acceptors (Lipinski definition) is 5. The fourth-order valence-corrected chi connectivity index (χ4v) is 5.16. The van der Waals surface area contributed by atoms with E-state index < -0.39 is 0 Å². The van der Waals surface area contributed by atoms with Crippen LogP contribution >= 0.6 is 11.3 Å². The molecule has 2 heterocycles. The Labute approximate surface area is 196 Å². The fraction of sp³-hybridized carbons (Fsp3) is 0.577. The standard InChI is InChI=1S/C26H37N3O2S/c1-4-19(2)18-31-21-9-7-20(8-10-21)24(17-29-13-11-28(3)12-14-29)27-26(30)23-16-22(23)25-6-5-15-32-25/h5-10,15,19,22-24H,4,11-14,16-18H2,1-3H3,(H,27,30). The number of thiophene rings is 1. The maximum Gasteiger partial charge on any atom is 0.224 e. The minimum atomic E-state index is -0.000827. The highest BCUT2D eigenvalue weighted by Gasteiger charge is 2.45. The molecule has 1 saturated heterocycles. The third-order valence-electron chi connectivity index (χ3n) is 6.90. The molecule has 1 amide bonds. The van der Waals surface area contributed by atoms with Crippen LogP contribution in [0, 0.1) is 11.8 Å². The zero-order chi connectivity index (χ0) is 22.5. The summed E-state index contributed by atoms with van der Waals surface area (Å²) in [7, 11) is 2.17. The molecule has 5 nitrogen and oxygen atoms in total. The van der Waals surface area contributed by atoms with Gasteiger partial charge in [0.25, 0.3) is 0 Å². The van der Waals surface area contributed by atoms with Gasteiger partial charge < -0.3 is 15.0 Å². The molecular weight excluding hydrogens is 418 g/mol. The van der Waals surface area contributed by atoms with Gasteiger partial charge in [0.2, 0.25) is 5.91 Å². The lowest BCUT2D eigenvalue weighted by atomic mass is 10.0. The van der Waals surface area contributed by atoms with Crippen LogP contribution in [0.4, 0.5) is 0 Å². The van der Waals surface area contributed by atoms with E-state index in [2.05, 4.69) is 65.7 Å². The van der Waals surface area contributed by atoms with Crippen molar-refractivity contribution in [3.8, 4) is 5.75 Å². The molecular formula is C26H37N3O2S. The number of hydrogen-bond donors (Lipinski definition) is 1. The predicted molar refractivity (Wildman–Crippen MR) is 131 cm³/mol. The van der Waals surface area contributed by atoms with Crippen LogP contribution in [0.15, 0.2) is 41.8 Å². The molecule has 2 fully saturated rings. The van der Waals surface area contributed by atoms with Crippen LogP contribution in [0.1, 0.15) is 49.1 Å². The second kappa shape index (κ2) is 10.8. The Morgan fingerprint density at radius 1 is 1.19 bits per heavy atom. The Bertz CT molecular complexity index is 846. The molecule has 32 heavy (non-hydrogen) atoms. The van der Waals surface area contributed by atoms with E-state index in [1.54, 1.807) is 11.3 Å². The summed E-state index contributed by atoms with van der Waals surface area (Å²) in [4.78, 5) is 19.3. The number of carbonyl (C=O) groups is 1. The molecule has 1 N–H and O–H groups in total. The average Bonchev–Trinajstić information content (AvgIpc) is 3.43. The lowest BCUT2D eigenvalue weighted by Crippen LogP contribution is -2.48. The lowest BCUT2D eigenvalue weighted by molar-refractivity contribution is -0.123. The Morgan fingerprint density at radius 3 is 2.59 bits per heavy atom. The van der Waals surface area contributed by atoms with Gasteiger partial charge in [-0.1, -0.05) is 38.5 Å². The zero-order valence-electron chi connectivity index (χ0n) is 19.6. The van der Waals surface area contributed by atoms with E-state index in [1.165, 1.54) is 4.88 Å². The van der Waals surface area contributed by atoms with Crippen molar-refractivity contribution in [2.45, 2.75) is 38.6 Å². The summed E-state index contributed by atoms with van der Waals surface area (Å²) in [6, 6.07) is 12.6. The van der Waals surface area contributed by atoms with E-state index in [0.717, 1.165) is 63.5 Å². The molecule has 4 atom stereocenters. The van der Waals surface area contributed by atoms with Gasteiger partial charge >= 0.3 is 0 Å². The summed E-state index contributed by atoms with van der Waals surface area (Å²) in [5.41, 5.74) is 1.15. The summed E-state index contributed by atoms with van der Waals surface area (Å²) < 4.78 is 5.94. The van der Waals surface area contributed by atoms with Crippen LogP contribution < -0.4 is 10.1 Å². The quantitative estimate of drug-likeness (QED) is 0.577. The number of amides is 1. The second-order valence-electron chi connectivity index (χ2n) is 9.52. The van der Waals surface area contributed by atoms with Crippen molar-refractivity contribution >= 4 is 17.2 Å². The normalized spacial score (nSPS) is 23.5. The number of piperazine rings is 1. The van der Waals surface area contributed by atoms with Crippen molar-refractivity contribution in [1.82, 2.24) is 15.1 Å².